The highest BCUT2D eigenvalue weighted by Gasteiger charge is 2.09. The lowest BCUT2D eigenvalue weighted by molar-refractivity contribution is -0.385. The minimum absolute atomic E-state index is 0.115. The molecule has 0 atom stereocenters. The highest BCUT2D eigenvalue weighted by molar-refractivity contribution is 6.07. The first-order valence-corrected chi connectivity index (χ1v) is 5.40. The van der Waals surface area contributed by atoms with E-state index in [9.17, 15) is 10.1 Å². The second kappa shape index (κ2) is 5.21. The van der Waals surface area contributed by atoms with Crippen LogP contribution < -0.4 is 0 Å². The number of benzene rings is 1. The number of nitro groups is 1. The number of hydrogen-bond acceptors (Lipinski definition) is 3. The van der Waals surface area contributed by atoms with Crippen LogP contribution in [0.2, 0.25) is 0 Å². The van der Waals surface area contributed by atoms with E-state index in [2.05, 4.69) is 4.99 Å². The molecular weight excluding hydrogens is 216 g/mol. The summed E-state index contributed by atoms with van der Waals surface area (Å²) in [4.78, 5) is 14.7. The molecule has 4 heteroatoms. The van der Waals surface area contributed by atoms with Crippen LogP contribution in [0.5, 0.6) is 0 Å². The number of para-hydroxylation sites is 1. The van der Waals surface area contributed by atoms with Gasteiger partial charge in [-0.15, -0.1) is 0 Å². The normalized spacial score (nSPS) is 14.9. The van der Waals surface area contributed by atoms with Gasteiger partial charge in [-0.2, -0.15) is 0 Å². The fourth-order valence-corrected chi connectivity index (χ4v) is 1.60. The van der Waals surface area contributed by atoms with Crippen molar-refractivity contribution in [1.82, 2.24) is 0 Å². The average Bonchev–Trinajstić information content (AvgIpc) is 2.38. The van der Waals surface area contributed by atoms with Crippen LogP contribution in [0.3, 0.4) is 0 Å². The largest absolute Gasteiger partial charge is 0.285 e. The van der Waals surface area contributed by atoms with E-state index in [0.29, 0.717) is 5.56 Å². The minimum Gasteiger partial charge on any atom is -0.285 e. The molecule has 17 heavy (non-hydrogen) atoms. The summed E-state index contributed by atoms with van der Waals surface area (Å²) in [5.41, 5.74) is 1.57. The Morgan fingerprint density at radius 3 is 2.82 bits per heavy atom. The van der Waals surface area contributed by atoms with Gasteiger partial charge in [0, 0.05) is 12.6 Å². The van der Waals surface area contributed by atoms with Gasteiger partial charge in [-0.25, -0.2) is 0 Å². The van der Waals surface area contributed by atoms with Crippen molar-refractivity contribution in [3.8, 4) is 0 Å². The fourth-order valence-electron chi connectivity index (χ4n) is 1.60. The summed E-state index contributed by atoms with van der Waals surface area (Å²) in [5.74, 6) is 0. The molecule has 0 aromatic heterocycles. The number of nitro benzene ring substituents is 1. The molecule has 2 rings (SSSR count). The lowest BCUT2D eigenvalue weighted by atomic mass is 10.1. The van der Waals surface area contributed by atoms with Crippen LogP contribution in [0.15, 0.2) is 47.5 Å². The van der Waals surface area contributed by atoms with Crippen LogP contribution >= 0.6 is 0 Å². The molecule has 1 heterocycles. The zero-order chi connectivity index (χ0) is 12.1. The average molecular weight is 228 g/mol. The number of aliphatic imine (C=N–C) groups is 1. The van der Waals surface area contributed by atoms with Gasteiger partial charge in [0.1, 0.15) is 0 Å². The molecule has 1 aliphatic heterocycles. The van der Waals surface area contributed by atoms with Gasteiger partial charge in [-0.05, 0) is 30.7 Å². The van der Waals surface area contributed by atoms with E-state index in [4.69, 9.17) is 0 Å². The Balaban J connectivity index is 2.24. The van der Waals surface area contributed by atoms with Crippen LogP contribution in [0, 0.1) is 10.1 Å². The molecule has 0 amide bonds. The van der Waals surface area contributed by atoms with E-state index in [1.165, 1.54) is 6.07 Å². The Labute approximate surface area is 99.1 Å². The van der Waals surface area contributed by atoms with Gasteiger partial charge < -0.3 is 0 Å². The number of nitrogens with zero attached hydrogens (tertiary/aromatic N) is 2. The molecule has 0 N–H and O–H groups in total. The molecule has 86 valence electrons. The van der Waals surface area contributed by atoms with Crippen LogP contribution in [0.25, 0.3) is 6.08 Å². The van der Waals surface area contributed by atoms with Gasteiger partial charge in [0.15, 0.2) is 0 Å². The number of rotatable bonds is 3. The number of hydrogen-bond donors (Lipinski definition) is 0. The molecule has 0 saturated carbocycles. The van der Waals surface area contributed by atoms with Gasteiger partial charge in [0.25, 0.3) is 5.69 Å². The molecule has 0 saturated heterocycles. The maximum absolute atomic E-state index is 10.8. The number of allylic oxidation sites excluding steroid dienone is 2. The summed E-state index contributed by atoms with van der Waals surface area (Å²) in [7, 11) is 0. The first-order valence-electron chi connectivity index (χ1n) is 5.40. The molecule has 0 aliphatic carbocycles. The third-order valence-corrected chi connectivity index (χ3v) is 2.45. The summed E-state index contributed by atoms with van der Waals surface area (Å²) in [6.07, 6.45) is 8.47. The Hall–Kier alpha value is -2.23. The zero-order valence-corrected chi connectivity index (χ0v) is 9.24. The summed E-state index contributed by atoms with van der Waals surface area (Å²) >= 11 is 0. The lowest BCUT2D eigenvalue weighted by Crippen LogP contribution is -1.96. The van der Waals surface area contributed by atoms with Gasteiger partial charge in [0.05, 0.1) is 16.2 Å². The molecule has 1 aliphatic rings. The van der Waals surface area contributed by atoms with Gasteiger partial charge >= 0.3 is 0 Å². The van der Waals surface area contributed by atoms with E-state index >= 15 is 0 Å². The van der Waals surface area contributed by atoms with Crippen LogP contribution in [-0.4, -0.2) is 17.2 Å². The van der Waals surface area contributed by atoms with Crippen molar-refractivity contribution in [3.63, 3.8) is 0 Å². The minimum atomic E-state index is -0.377. The highest BCUT2D eigenvalue weighted by Crippen LogP contribution is 2.19. The fraction of sp³-hybridized carbons (Fsp3) is 0.154. The Morgan fingerprint density at radius 1 is 1.29 bits per heavy atom. The predicted octanol–water partition coefficient (Wildman–Crippen LogP) is 3.01. The summed E-state index contributed by atoms with van der Waals surface area (Å²) in [5, 5.41) is 10.8. The third-order valence-electron chi connectivity index (χ3n) is 2.45. The second-order valence-electron chi connectivity index (χ2n) is 3.65. The predicted molar refractivity (Wildman–Crippen MR) is 68.2 cm³/mol. The Bertz CT molecular complexity index is 516. The smallest absolute Gasteiger partial charge is 0.276 e. The van der Waals surface area contributed by atoms with Gasteiger partial charge in [-0.1, -0.05) is 18.2 Å². The molecular formula is C13H12N2O2. The lowest BCUT2D eigenvalue weighted by Gasteiger charge is -2.00. The third kappa shape index (κ3) is 2.87. The molecule has 0 unspecified atom stereocenters. The standard InChI is InChI=1S/C13H12N2O2/c16-15(17)13-7-2-1-5-11(13)8-9-12-6-3-4-10-14-12/h1-3,5-9H,4,10H2/b9-8+. The molecule has 0 bridgehead atoms. The van der Waals surface area contributed by atoms with Crippen LogP contribution in [0.1, 0.15) is 12.0 Å². The molecule has 1 aromatic rings. The number of dihydropyridines is 1. The molecule has 0 spiro atoms. The monoisotopic (exact) mass is 228 g/mol. The Kier molecular flexibility index (Phi) is 3.45. The van der Waals surface area contributed by atoms with Crippen molar-refractivity contribution >= 4 is 17.5 Å². The maximum Gasteiger partial charge on any atom is 0.276 e. The molecule has 1 aromatic carbocycles. The van der Waals surface area contributed by atoms with E-state index < -0.39 is 0 Å². The summed E-state index contributed by atoms with van der Waals surface area (Å²) in [6, 6.07) is 6.67. The van der Waals surface area contributed by atoms with Crippen LogP contribution in [-0.2, 0) is 0 Å². The summed E-state index contributed by atoms with van der Waals surface area (Å²) in [6.45, 7) is 0.785. The van der Waals surface area contributed by atoms with Gasteiger partial charge in [0.2, 0.25) is 0 Å². The van der Waals surface area contributed by atoms with Crippen molar-refractivity contribution in [2.75, 3.05) is 6.54 Å². The van der Waals surface area contributed by atoms with Crippen molar-refractivity contribution in [1.29, 1.82) is 0 Å². The van der Waals surface area contributed by atoms with Crippen molar-refractivity contribution in [2.24, 2.45) is 4.99 Å². The quantitative estimate of drug-likeness (QED) is 0.589. The molecule has 4 nitrogen and oxygen atoms in total. The van der Waals surface area contributed by atoms with Gasteiger partial charge in [-0.3, -0.25) is 15.1 Å². The summed E-state index contributed by atoms with van der Waals surface area (Å²) < 4.78 is 0. The van der Waals surface area contributed by atoms with E-state index in [1.54, 1.807) is 30.4 Å². The van der Waals surface area contributed by atoms with Crippen molar-refractivity contribution < 1.29 is 4.92 Å². The SMILES string of the molecule is O=[N+]([O-])c1ccccc1/C=C/C1=NCCC=C1. The topological polar surface area (TPSA) is 55.5 Å². The molecule has 0 radical (unpaired) electrons. The van der Waals surface area contributed by atoms with E-state index in [-0.39, 0.29) is 10.6 Å². The first kappa shape index (κ1) is 11.3. The zero-order valence-electron chi connectivity index (χ0n) is 9.24. The van der Waals surface area contributed by atoms with E-state index in [1.807, 2.05) is 12.2 Å². The van der Waals surface area contributed by atoms with Crippen LogP contribution in [0.4, 0.5) is 5.69 Å². The Morgan fingerprint density at radius 2 is 2.12 bits per heavy atom. The molecule has 0 fully saturated rings. The van der Waals surface area contributed by atoms with Crippen molar-refractivity contribution in [3.05, 3.63) is 58.2 Å². The highest BCUT2D eigenvalue weighted by atomic mass is 16.6. The maximum atomic E-state index is 10.8. The van der Waals surface area contributed by atoms with E-state index in [0.717, 1.165) is 18.7 Å². The first-order chi connectivity index (χ1) is 8.27. The van der Waals surface area contributed by atoms with Crippen molar-refractivity contribution in [2.45, 2.75) is 6.42 Å². The second-order valence-corrected chi connectivity index (χ2v) is 3.65.